The van der Waals surface area contributed by atoms with Gasteiger partial charge in [-0.05, 0) is 24.8 Å². The van der Waals surface area contributed by atoms with Crippen LogP contribution in [0.15, 0.2) is 36.5 Å². The fourth-order valence-electron chi connectivity index (χ4n) is 0.948. The minimum Gasteiger partial charge on any atom is -0.0991 e. The zero-order chi connectivity index (χ0) is 8.85. The topological polar surface area (TPSA) is 0 Å². The first-order valence-electron chi connectivity index (χ1n) is 4.05. The van der Waals surface area contributed by atoms with Crippen molar-refractivity contribution < 1.29 is 0 Å². The SMILES string of the molecule is C=C/C=C(\C)C(=C)CC(C)C. The van der Waals surface area contributed by atoms with Gasteiger partial charge in [0.2, 0.25) is 0 Å². The molecule has 0 aliphatic heterocycles. The van der Waals surface area contributed by atoms with Crippen LogP contribution in [0, 0.1) is 5.92 Å². The fraction of sp³-hybridized carbons (Fsp3) is 0.455. The van der Waals surface area contributed by atoms with E-state index in [2.05, 4.69) is 33.9 Å². The molecule has 0 saturated carbocycles. The molecule has 0 aliphatic carbocycles. The lowest BCUT2D eigenvalue weighted by Crippen LogP contribution is -1.91. The van der Waals surface area contributed by atoms with Crippen molar-refractivity contribution in [1.29, 1.82) is 0 Å². The smallest absolute Gasteiger partial charge is 0.0259 e. The van der Waals surface area contributed by atoms with Crippen molar-refractivity contribution in [2.24, 2.45) is 5.92 Å². The second-order valence-corrected chi connectivity index (χ2v) is 3.29. The summed E-state index contributed by atoms with van der Waals surface area (Å²) in [5.74, 6) is 0.690. The zero-order valence-corrected chi connectivity index (χ0v) is 7.85. The molecule has 0 atom stereocenters. The lowest BCUT2D eigenvalue weighted by molar-refractivity contribution is 0.647. The van der Waals surface area contributed by atoms with Gasteiger partial charge in [0, 0.05) is 0 Å². The molecule has 11 heavy (non-hydrogen) atoms. The molecule has 0 radical (unpaired) electrons. The summed E-state index contributed by atoms with van der Waals surface area (Å²) in [5.41, 5.74) is 2.47. The lowest BCUT2D eigenvalue weighted by atomic mass is 9.99. The molecule has 0 unspecified atom stereocenters. The van der Waals surface area contributed by atoms with E-state index in [0.29, 0.717) is 5.92 Å². The van der Waals surface area contributed by atoms with Crippen LogP contribution >= 0.6 is 0 Å². The standard InChI is InChI=1S/C11H18/c1-6-7-10(4)11(5)8-9(2)3/h6-7,9H,1,5,8H2,2-4H3/b10-7+. The van der Waals surface area contributed by atoms with Gasteiger partial charge in [0.15, 0.2) is 0 Å². The number of allylic oxidation sites excluding steroid dienone is 4. The monoisotopic (exact) mass is 150 g/mol. The van der Waals surface area contributed by atoms with E-state index in [-0.39, 0.29) is 0 Å². The second-order valence-electron chi connectivity index (χ2n) is 3.29. The summed E-state index contributed by atoms with van der Waals surface area (Å²) in [4.78, 5) is 0. The van der Waals surface area contributed by atoms with Gasteiger partial charge in [-0.3, -0.25) is 0 Å². The Balaban J connectivity index is 4.03. The van der Waals surface area contributed by atoms with Gasteiger partial charge in [0.05, 0.1) is 0 Å². The molecule has 0 aromatic heterocycles. The summed E-state index contributed by atoms with van der Waals surface area (Å²) in [6.45, 7) is 14.1. The highest BCUT2D eigenvalue weighted by Crippen LogP contribution is 2.16. The Bertz CT molecular complexity index is 170. The van der Waals surface area contributed by atoms with Crippen LogP contribution in [0.1, 0.15) is 27.2 Å². The summed E-state index contributed by atoms with van der Waals surface area (Å²) in [6.07, 6.45) is 4.89. The van der Waals surface area contributed by atoms with Crippen molar-refractivity contribution in [2.45, 2.75) is 27.2 Å². The highest BCUT2D eigenvalue weighted by molar-refractivity contribution is 5.28. The predicted molar refractivity (Wildman–Crippen MR) is 52.5 cm³/mol. The Hall–Kier alpha value is -0.780. The Morgan fingerprint density at radius 3 is 2.36 bits per heavy atom. The molecular weight excluding hydrogens is 132 g/mol. The normalized spacial score (nSPS) is 11.8. The van der Waals surface area contributed by atoms with E-state index in [1.165, 1.54) is 11.1 Å². The minimum absolute atomic E-state index is 0.690. The maximum absolute atomic E-state index is 4.00. The number of hydrogen-bond donors (Lipinski definition) is 0. The average molecular weight is 150 g/mol. The maximum Gasteiger partial charge on any atom is -0.0259 e. The summed E-state index contributed by atoms with van der Waals surface area (Å²) >= 11 is 0. The lowest BCUT2D eigenvalue weighted by Gasteiger charge is -2.07. The van der Waals surface area contributed by atoms with Gasteiger partial charge in [-0.25, -0.2) is 0 Å². The van der Waals surface area contributed by atoms with E-state index in [1.54, 1.807) is 6.08 Å². The van der Waals surface area contributed by atoms with Crippen LogP contribution < -0.4 is 0 Å². The van der Waals surface area contributed by atoms with Crippen molar-refractivity contribution in [3.05, 3.63) is 36.5 Å². The molecule has 0 aliphatic rings. The van der Waals surface area contributed by atoms with Crippen molar-refractivity contribution in [3.8, 4) is 0 Å². The van der Waals surface area contributed by atoms with Crippen molar-refractivity contribution in [1.82, 2.24) is 0 Å². The second kappa shape index (κ2) is 4.95. The summed E-state index contributed by atoms with van der Waals surface area (Å²) < 4.78 is 0. The van der Waals surface area contributed by atoms with Crippen LogP contribution in [0.4, 0.5) is 0 Å². The quantitative estimate of drug-likeness (QED) is 0.536. The van der Waals surface area contributed by atoms with Crippen LogP contribution in [0.25, 0.3) is 0 Å². The van der Waals surface area contributed by atoms with Crippen LogP contribution in [0.2, 0.25) is 0 Å². The van der Waals surface area contributed by atoms with E-state index >= 15 is 0 Å². The molecule has 0 rings (SSSR count). The summed E-state index contributed by atoms with van der Waals surface area (Å²) in [7, 11) is 0. The minimum atomic E-state index is 0.690. The average Bonchev–Trinajstić information content (AvgIpc) is 1.86. The van der Waals surface area contributed by atoms with E-state index in [4.69, 9.17) is 0 Å². The van der Waals surface area contributed by atoms with Crippen LogP contribution in [-0.2, 0) is 0 Å². The molecule has 0 amide bonds. The van der Waals surface area contributed by atoms with E-state index in [9.17, 15) is 0 Å². The Morgan fingerprint density at radius 1 is 1.45 bits per heavy atom. The predicted octanol–water partition coefficient (Wildman–Crippen LogP) is 3.72. The third-order valence-electron chi connectivity index (χ3n) is 1.58. The third-order valence-corrected chi connectivity index (χ3v) is 1.58. The highest BCUT2D eigenvalue weighted by Gasteiger charge is 1.98. The van der Waals surface area contributed by atoms with Gasteiger partial charge in [-0.1, -0.05) is 44.7 Å². The van der Waals surface area contributed by atoms with Gasteiger partial charge in [0.1, 0.15) is 0 Å². The molecule has 0 aromatic rings. The van der Waals surface area contributed by atoms with Gasteiger partial charge < -0.3 is 0 Å². The zero-order valence-electron chi connectivity index (χ0n) is 7.85. The Kier molecular flexibility index (Phi) is 4.60. The van der Waals surface area contributed by atoms with Crippen LogP contribution in [-0.4, -0.2) is 0 Å². The van der Waals surface area contributed by atoms with Crippen LogP contribution in [0.5, 0.6) is 0 Å². The number of rotatable bonds is 4. The molecule has 0 heterocycles. The van der Waals surface area contributed by atoms with E-state index in [1.807, 2.05) is 6.08 Å². The van der Waals surface area contributed by atoms with Gasteiger partial charge in [0.25, 0.3) is 0 Å². The van der Waals surface area contributed by atoms with Crippen molar-refractivity contribution in [3.63, 3.8) is 0 Å². The third kappa shape index (κ3) is 4.60. The van der Waals surface area contributed by atoms with Crippen molar-refractivity contribution >= 4 is 0 Å². The Morgan fingerprint density at radius 2 is 2.00 bits per heavy atom. The number of hydrogen-bond acceptors (Lipinski definition) is 0. The largest absolute Gasteiger partial charge is 0.0991 e. The molecular formula is C11H18. The molecule has 0 heteroatoms. The molecule has 62 valence electrons. The first-order valence-corrected chi connectivity index (χ1v) is 4.05. The molecule has 0 spiro atoms. The van der Waals surface area contributed by atoms with Gasteiger partial charge in [-0.2, -0.15) is 0 Å². The maximum atomic E-state index is 4.00. The molecule has 0 nitrogen and oxygen atoms in total. The molecule has 0 aromatic carbocycles. The van der Waals surface area contributed by atoms with Crippen molar-refractivity contribution in [2.75, 3.05) is 0 Å². The van der Waals surface area contributed by atoms with Gasteiger partial charge >= 0.3 is 0 Å². The molecule has 0 saturated heterocycles. The first-order chi connectivity index (χ1) is 5.07. The van der Waals surface area contributed by atoms with E-state index < -0.39 is 0 Å². The molecule has 0 bridgehead atoms. The van der Waals surface area contributed by atoms with Crippen LogP contribution in [0.3, 0.4) is 0 Å². The molecule has 0 N–H and O–H groups in total. The Labute approximate surface area is 70.3 Å². The fourth-order valence-corrected chi connectivity index (χ4v) is 0.948. The summed E-state index contributed by atoms with van der Waals surface area (Å²) in [5, 5.41) is 0. The van der Waals surface area contributed by atoms with Gasteiger partial charge in [-0.15, -0.1) is 0 Å². The first kappa shape index (κ1) is 10.2. The summed E-state index contributed by atoms with van der Waals surface area (Å²) in [6, 6.07) is 0. The highest BCUT2D eigenvalue weighted by atomic mass is 14.0. The molecule has 0 fully saturated rings. The van der Waals surface area contributed by atoms with E-state index in [0.717, 1.165) is 6.42 Å².